The van der Waals surface area contributed by atoms with Crippen LogP contribution >= 0.6 is 0 Å². The lowest BCUT2D eigenvalue weighted by atomic mass is 9.93. The van der Waals surface area contributed by atoms with E-state index in [1.54, 1.807) is 0 Å². The first-order chi connectivity index (χ1) is 9.03. The number of nitrogens with zero attached hydrogens (tertiary/aromatic N) is 1. The van der Waals surface area contributed by atoms with E-state index in [2.05, 4.69) is 29.4 Å². The van der Waals surface area contributed by atoms with E-state index in [4.69, 9.17) is 5.11 Å². The van der Waals surface area contributed by atoms with E-state index in [1.165, 1.54) is 0 Å². The summed E-state index contributed by atoms with van der Waals surface area (Å²) in [7, 11) is 3.98. The molecule has 0 aromatic carbocycles. The first-order valence-electron chi connectivity index (χ1n) is 6.94. The first kappa shape index (κ1) is 18.7. The maximum Gasteiger partial charge on any atom is 0.315 e. The third-order valence-corrected chi connectivity index (χ3v) is 2.99. The van der Waals surface area contributed by atoms with Gasteiger partial charge in [0.15, 0.2) is 0 Å². The number of carbonyl (C=O) groups excluding carboxylic acids is 1. The zero-order chi connectivity index (χ0) is 15.9. The molecule has 0 spiro atoms. The van der Waals surface area contributed by atoms with Crippen LogP contribution in [-0.4, -0.2) is 55.2 Å². The lowest BCUT2D eigenvalue weighted by molar-refractivity contribution is -0.137. The van der Waals surface area contributed by atoms with E-state index in [-0.39, 0.29) is 29.8 Å². The van der Waals surface area contributed by atoms with Crippen LogP contribution in [0, 0.1) is 11.3 Å². The number of urea groups is 1. The largest absolute Gasteiger partial charge is 0.481 e. The van der Waals surface area contributed by atoms with Crippen LogP contribution in [0.1, 0.15) is 34.1 Å². The van der Waals surface area contributed by atoms with Gasteiger partial charge < -0.3 is 20.6 Å². The van der Waals surface area contributed by atoms with Crippen LogP contribution in [0.15, 0.2) is 0 Å². The van der Waals surface area contributed by atoms with E-state index in [9.17, 15) is 9.59 Å². The molecule has 1 atom stereocenters. The number of aliphatic carboxylic acids is 1. The van der Waals surface area contributed by atoms with E-state index >= 15 is 0 Å². The van der Waals surface area contributed by atoms with Gasteiger partial charge in [-0.25, -0.2) is 4.79 Å². The van der Waals surface area contributed by atoms with Gasteiger partial charge in [0, 0.05) is 19.1 Å². The molecule has 0 saturated carbocycles. The molecule has 0 fully saturated rings. The smallest absolute Gasteiger partial charge is 0.315 e. The average molecular weight is 287 g/mol. The molecule has 6 nitrogen and oxygen atoms in total. The van der Waals surface area contributed by atoms with Crippen molar-refractivity contribution in [3.8, 4) is 0 Å². The molecule has 0 radical (unpaired) electrons. The summed E-state index contributed by atoms with van der Waals surface area (Å²) in [5, 5.41) is 14.4. The van der Waals surface area contributed by atoms with Crippen molar-refractivity contribution in [1.29, 1.82) is 0 Å². The molecule has 6 heteroatoms. The molecule has 0 aliphatic carbocycles. The van der Waals surface area contributed by atoms with E-state index in [0.717, 1.165) is 6.54 Å². The predicted octanol–water partition coefficient (Wildman–Crippen LogP) is 1.37. The fraction of sp³-hybridized carbons (Fsp3) is 0.857. The van der Waals surface area contributed by atoms with Crippen LogP contribution in [0.2, 0.25) is 0 Å². The maximum atomic E-state index is 11.8. The fourth-order valence-corrected chi connectivity index (χ4v) is 2.09. The Morgan fingerprint density at radius 1 is 1.25 bits per heavy atom. The third-order valence-electron chi connectivity index (χ3n) is 2.99. The Balaban J connectivity index is 4.29. The van der Waals surface area contributed by atoms with Crippen LogP contribution in [0.4, 0.5) is 4.79 Å². The summed E-state index contributed by atoms with van der Waals surface area (Å²) in [6.45, 7) is 9.33. The molecule has 1 unspecified atom stereocenters. The zero-order valence-corrected chi connectivity index (χ0v) is 13.5. The van der Waals surface area contributed by atoms with Gasteiger partial charge in [-0.1, -0.05) is 27.7 Å². The number of nitrogens with one attached hydrogen (secondary N) is 2. The van der Waals surface area contributed by atoms with Crippen molar-refractivity contribution in [2.24, 2.45) is 11.3 Å². The summed E-state index contributed by atoms with van der Waals surface area (Å²) in [5.74, 6) is -0.830. The predicted molar refractivity (Wildman–Crippen MR) is 79.7 cm³/mol. The van der Waals surface area contributed by atoms with Crippen molar-refractivity contribution in [3.05, 3.63) is 0 Å². The maximum absolute atomic E-state index is 11.8. The number of carboxylic acid groups (broad SMARTS) is 1. The molecule has 0 heterocycles. The van der Waals surface area contributed by atoms with Gasteiger partial charge in [-0.3, -0.25) is 4.79 Å². The summed E-state index contributed by atoms with van der Waals surface area (Å²) in [6.07, 6.45) is -0.0633. The van der Waals surface area contributed by atoms with Crippen LogP contribution in [0.25, 0.3) is 0 Å². The second-order valence-electron chi connectivity index (χ2n) is 6.68. The van der Waals surface area contributed by atoms with Crippen molar-refractivity contribution < 1.29 is 14.7 Å². The SMILES string of the molecule is CC(C)C(CC(=O)O)NC(=O)NCC(C)(C)CN(C)C. The highest BCUT2D eigenvalue weighted by Crippen LogP contribution is 2.14. The third kappa shape index (κ3) is 8.74. The summed E-state index contributed by atoms with van der Waals surface area (Å²) < 4.78 is 0. The highest BCUT2D eigenvalue weighted by atomic mass is 16.4. The normalized spacial score (nSPS) is 13.4. The summed E-state index contributed by atoms with van der Waals surface area (Å²) in [5.41, 5.74) is -0.0407. The van der Waals surface area contributed by atoms with E-state index < -0.39 is 5.97 Å². The van der Waals surface area contributed by atoms with Gasteiger partial charge in [-0.2, -0.15) is 0 Å². The van der Waals surface area contributed by atoms with Crippen LogP contribution < -0.4 is 10.6 Å². The number of hydrogen-bond donors (Lipinski definition) is 3. The minimum Gasteiger partial charge on any atom is -0.481 e. The van der Waals surface area contributed by atoms with Gasteiger partial charge in [-0.15, -0.1) is 0 Å². The molecule has 118 valence electrons. The monoisotopic (exact) mass is 287 g/mol. The fourth-order valence-electron chi connectivity index (χ4n) is 2.09. The molecule has 0 aliphatic heterocycles. The highest BCUT2D eigenvalue weighted by Gasteiger charge is 2.22. The van der Waals surface area contributed by atoms with Gasteiger partial charge in [0.25, 0.3) is 0 Å². The first-order valence-corrected chi connectivity index (χ1v) is 6.94. The summed E-state index contributed by atoms with van der Waals surface area (Å²) >= 11 is 0. The van der Waals surface area contributed by atoms with Gasteiger partial charge in [0.05, 0.1) is 6.42 Å². The molecule has 0 bridgehead atoms. The van der Waals surface area contributed by atoms with E-state index in [1.807, 2.05) is 27.9 Å². The number of hydrogen-bond acceptors (Lipinski definition) is 3. The Kier molecular flexibility index (Phi) is 7.57. The topological polar surface area (TPSA) is 81.7 Å². The Morgan fingerprint density at radius 2 is 1.80 bits per heavy atom. The van der Waals surface area contributed by atoms with Gasteiger partial charge in [-0.05, 0) is 25.4 Å². The molecule has 3 N–H and O–H groups in total. The lowest BCUT2D eigenvalue weighted by Crippen LogP contribution is -2.48. The number of rotatable bonds is 8. The van der Waals surface area contributed by atoms with Crippen LogP contribution in [0.3, 0.4) is 0 Å². The molecule has 2 amide bonds. The van der Waals surface area contributed by atoms with Crippen molar-refractivity contribution in [3.63, 3.8) is 0 Å². The second-order valence-corrected chi connectivity index (χ2v) is 6.68. The van der Waals surface area contributed by atoms with Gasteiger partial charge in [0.2, 0.25) is 0 Å². The number of carbonyl (C=O) groups is 2. The minimum atomic E-state index is -0.906. The van der Waals surface area contributed by atoms with Crippen LogP contribution in [0.5, 0.6) is 0 Å². The Hall–Kier alpha value is -1.30. The van der Waals surface area contributed by atoms with E-state index in [0.29, 0.717) is 6.54 Å². The van der Waals surface area contributed by atoms with Crippen molar-refractivity contribution >= 4 is 12.0 Å². The molecule has 0 rings (SSSR count). The van der Waals surface area contributed by atoms with Crippen molar-refractivity contribution in [2.75, 3.05) is 27.2 Å². The molecular formula is C14H29N3O3. The quantitative estimate of drug-likeness (QED) is 0.630. The molecule has 0 saturated heterocycles. The second kappa shape index (κ2) is 8.09. The molecule has 0 aromatic heterocycles. The highest BCUT2D eigenvalue weighted by molar-refractivity contribution is 5.75. The Labute approximate surface area is 121 Å². The lowest BCUT2D eigenvalue weighted by Gasteiger charge is -2.29. The van der Waals surface area contributed by atoms with Crippen LogP contribution in [-0.2, 0) is 4.79 Å². The molecule has 0 aromatic rings. The molecule has 0 aliphatic rings. The average Bonchev–Trinajstić information content (AvgIpc) is 2.23. The Bertz CT molecular complexity index is 328. The van der Waals surface area contributed by atoms with Gasteiger partial charge >= 0.3 is 12.0 Å². The number of amides is 2. The molecular weight excluding hydrogens is 258 g/mol. The van der Waals surface area contributed by atoms with Crippen molar-refractivity contribution in [1.82, 2.24) is 15.5 Å². The number of carboxylic acids is 1. The summed E-state index contributed by atoms with van der Waals surface area (Å²) in [4.78, 5) is 24.7. The Morgan fingerprint density at radius 3 is 2.20 bits per heavy atom. The van der Waals surface area contributed by atoms with Crippen molar-refractivity contribution in [2.45, 2.75) is 40.2 Å². The van der Waals surface area contributed by atoms with Gasteiger partial charge in [0.1, 0.15) is 0 Å². The molecule has 20 heavy (non-hydrogen) atoms. The zero-order valence-electron chi connectivity index (χ0n) is 13.5. The standard InChI is InChI=1S/C14H29N3O3/c1-10(2)11(7-12(18)19)16-13(20)15-8-14(3,4)9-17(5)6/h10-11H,7-9H2,1-6H3,(H,18,19)(H2,15,16,20). The minimum absolute atomic E-state index is 0.0407. The summed E-state index contributed by atoms with van der Waals surface area (Å²) in [6, 6.07) is -0.666.